The molecule has 0 unspecified atom stereocenters. The van der Waals surface area contributed by atoms with Crippen LogP contribution in [-0.4, -0.2) is 21.3 Å². The number of aromatic nitrogens is 3. The molecule has 5 nitrogen and oxygen atoms in total. The number of nitrogens with zero attached hydrogens (tertiary/aromatic N) is 4. The lowest BCUT2D eigenvalue weighted by atomic mass is 10.3. The summed E-state index contributed by atoms with van der Waals surface area (Å²) in [7, 11) is 0. The highest BCUT2D eigenvalue weighted by Gasteiger charge is 2.00. The molecule has 0 radical (unpaired) electrons. The van der Waals surface area contributed by atoms with Crippen molar-refractivity contribution in [2.24, 2.45) is 0 Å². The van der Waals surface area contributed by atoms with Gasteiger partial charge in [0.25, 0.3) is 0 Å². The normalized spacial score (nSPS) is 10.1. The van der Waals surface area contributed by atoms with Crippen LogP contribution in [0.3, 0.4) is 0 Å². The van der Waals surface area contributed by atoms with Gasteiger partial charge in [-0.1, -0.05) is 11.6 Å². The lowest BCUT2D eigenvalue weighted by Crippen LogP contribution is -2.11. The molecule has 0 fully saturated rings. The van der Waals surface area contributed by atoms with Crippen molar-refractivity contribution in [3.63, 3.8) is 0 Å². The summed E-state index contributed by atoms with van der Waals surface area (Å²) in [5, 5.41) is 16.4. The van der Waals surface area contributed by atoms with Gasteiger partial charge in [-0.15, -0.1) is 0 Å². The number of hydrogen-bond donors (Lipinski definition) is 1. The van der Waals surface area contributed by atoms with E-state index in [0.717, 1.165) is 12.1 Å². The molecule has 0 bridgehead atoms. The zero-order chi connectivity index (χ0) is 13.0. The molecule has 0 saturated heterocycles. The van der Waals surface area contributed by atoms with Crippen molar-refractivity contribution in [3.05, 3.63) is 40.8 Å². The maximum atomic E-state index is 8.81. The predicted molar refractivity (Wildman–Crippen MR) is 69.4 cm³/mol. The van der Waals surface area contributed by atoms with E-state index in [1.54, 1.807) is 6.07 Å². The molecule has 2 rings (SSSR count). The van der Waals surface area contributed by atoms with Gasteiger partial charge < -0.3 is 5.32 Å². The van der Waals surface area contributed by atoms with Gasteiger partial charge in [0.15, 0.2) is 0 Å². The lowest BCUT2D eigenvalue weighted by molar-refractivity contribution is 0.637. The van der Waals surface area contributed by atoms with Crippen LogP contribution in [0.2, 0.25) is 5.15 Å². The van der Waals surface area contributed by atoms with E-state index in [2.05, 4.69) is 15.4 Å². The van der Waals surface area contributed by atoms with E-state index in [1.165, 1.54) is 6.07 Å². The van der Waals surface area contributed by atoms with Crippen LogP contribution in [0.5, 0.6) is 0 Å². The Hall–Kier alpha value is -2.06. The second-order valence-electron chi connectivity index (χ2n) is 3.88. The van der Waals surface area contributed by atoms with Gasteiger partial charge in [-0.25, -0.2) is 4.98 Å². The number of anilines is 1. The summed E-state index contributed by atoms with van der Waals surface area (Å²) in [6, 6.07) is 5.24. The van der Waals surface area contributed by atoms with E-state index in [9.17, 15) is 0 Å². The van der Waals surface area contributed by atoms with Crippen molar-refractivity contribution in [1.82, 2.24) is 14.8 Å². The molecule has 1 N–H and O–H groups in total. The summed E-state index contributed by atoms with van der Waals surface area (Å²) in [6.07, 6.45) is 3.78. The molecular formula is C12H12ClN5. The number of hydrogen-bond acceptors (Lipinski definition) is 4. The first kappa shape index (κ1) is 12.4. The van der Waals surface area contributed by atoms with Crippen molar-refractivity contribution < 1.29 is 0 Å². The minimum Gasteiger partial charge on any atom is -0.368 e. The van der Waals surface area contributed by atoms with Crippen molar-refractivity contribution in [2.75, 3.05) is 11.9 Å². The Labute approximate surface area is 110 Å². The molecule has 18 heavy (non-hydrogen) atoms. The van der Waals surface area contributed by atoms with E-state index in [-0.39, 0.29) is 0 Å². The first-order chi connectivity index (χ1) is 8.67. The van der Waals surface area contributed by atoms with Crippen LogP contribution in [0, 0.1) is 18.3 Å². The predicted octanol–water partition coefficient (Wildman–Crippen LogP) is 2.22. The molecule has 0 aliphatic carbocycles. The molecule has 0 aliphatic heterocycles. The first-order valence-corrected chi connectivity index (χ1v) is 5.86. The number of aryl methyl sites for hydroxylation is 1. The van der Waals surface area contributed by atoms with Gasteiger partial charge in [-0.05, 0) is 24.6 Å². The minimum atomic E-state index is 0.312. The standard InChI is InChI=1S/C12H12ClN5/c1-9-7-16-18(8-9)3-2-15-12-5-10(6-14)4-11(13)17-12/h4-5,7-8H,2-3H2,1H3,(H,15,17). The quantitative estimate of drug-likeness (QED) is 0.857. The van der Waals surface area contributed by atoms with Crippen LogP contribution in [0.25, 0.3) is 0 Å². The first-order valence-electron chi connectivity index (χ1n) is 5.48. The lowest BCUT2D eigenvalue weighted by Gasteiger charge is -2.06. The van der Waals surface area contributed by atoms with Gasteiger partial charge in [0.1, 0.15) is 11.0 Å². The Morgan fingerprint density at radius 3 is 3.00 bits per heavy atom. The van der Waals surface area contributed by atoms with E-state index >= 15 is 0 Å². The van der Waals surface area contributed by atoms with Crippen LogP contribution in [0.4, 0.5) is 5.82 Å². The largest absolute Gasteiger partial charge is 0.368 e. The van der Waals surface area contributed by atoms with Crippen LogP contribution in [-0.2, 0) is 6.54 Å². The third kappa shape index (κ3) is 3.22. The fraction of sp³-hybridized carbons (Fsp3) is 0.250. The third-order valence-electron chi connectivity index (χ3n) is 2.33. The Balaban J connectivity index is 1.94. The average molecular weight is 262 g/mol. The van der Waals surface area contributed by atoms with Crippen LogP contribution in [0.1, 0.15) is 11.1 Å². The van der Waals surface area contributed by atoms with Crippen molar-refractivity contribution in [1.29, 1.82) is 5.26 Å². The van der Waals surface area contributed by atoms with E-state index in [0.29, 0.717) is 23.1 Å². The monoisotopic (exact) mass is 261 g/mol. The fourth-order valence-electron chi connectivity index (χ4n) is 1.54. The average Bonchev–Trinajstić information content (AvgIpc) is 2.74. The van der Waals surface area contributed by atoms with Gasteiger partial charge in [0.05, 0.1) is 24.4 Å². The molecule has 0 aliphatic rings. The second-order valence-corrected chi connectivity index (χ2v) is 4.27. The molecule has 2 heterocycles. The van der Waals surface area contributed by atoms with Crippen molar-refractivity contribution in [2.45, 2.75) is 13.5 Å². The molecule has 0 saturated carbocycles. The molecule has 0 amide bonds. The molecular weight excluding hydrogens is 250 g/mol. The molecule has 0 spiro atoms. The third-order valence-corrected chi connectivity index (χ3v) is 2.53. The second kappa shape index (κ2) is 5.52. The zero-order valence-electron chi connectivity index (χ0n) is 9.89. The van der Waals surface area contributed by atoms with Crippen molar-refractivity contribution >= 4 is 17.4 Å². The number of pyridine rings is 1. The summed E-state index contributed by atoms with van der Waals surface area (Å²) in [5.74, 6) is 0.600. The van der Waals surface area contributed by atoms with Gasteiger partial charge in [0.2, 0.25) is 0 Å². The Bertz CT molecular complexity index is 584. The molecule has 0 aromatic carbocycles. The molecule has 0 atom stereocenters. The zero-order valence-corrected chi connectivity index (χ0v) is 10.6. The van der Waals surface area contributed by atoms with Crippen LogP contribution < -0.4 is 5.32 Å². The number of halogens is 1. The Kier molecular flexibility index (Phi) is 3.80. The Morgan fingerprint density at radius 1 is 1.50 bits per heavy atom. The topological polar surface area (TPSA) is 66.5 Å². The van der Waals surface area contributed by atoms with Gasteiger partial charge in [-0.3, -0.25) is 4.68 Å². The molecule has 2 aromatic heterocycles. The van der Waals surface area contributed by atoms with Crippen LogP contribution >= 0.6 is 11.6 Å². The van der Waals surface area contributed by atoms with Gasteiger partial charge in [0, 0.05) is 12.7 Å². The van der Waals surface area contributed by atoms with Crippen molar-refractivity contribution in [3.8, 4) is 6.07 Å². The van der Waals surface area contributed by atoms with Gasteiger partial charge in [-0.2, -0.15) is 10.4 Å². The molecule has 92 valence electrons. The summed E-state index contributed by atoms with van der Waals surface area (Å²) in [6.45, 7) is 3.39. The Morgan fingerprint density at radius 2 is 2.33 bits per heavy atom. The van der Waals surface area contributed by atoms with Crippen LogP contribution in [0.15, 0.2) is 24.5 Å². The van der Waals surface area contributed by atoms with E-state index < -0.39 is 0 Å². The van der Waals surface area contributed by atoms with Gasteiger partial charge >= 0.3 is 0 Å². The number of rotatable bonds is 4. The highest BCUT2D eigenvalue weighted by atomic mass is 35.5. The number of nitriles is 1. The SMILES string of the molecule is Cc1cnn(CCNc2cc(C#N)cc(Cl)n2)c1. The highest BCUT2D eigenvalue weighted by molar-refractivity contribution is 6.29. The molecule has 6 heteroatoms. The minimum absolute atomic E-state index is 0.312. The van der Waals surface area contributed by atoms with E-state index in [4.69, 9.17) is 16.9 Å². The summed E-state index contributed by atoms with van der Waals surface area (Å²) in [4.78, 5) is 4.09. The highest BCUT2D eigenvalue weighted by Crippen LogP contribution is 2.13. The maximum Gasteiger partial charge on any atom is 0.132 e. The van der Waals surface area contributed by atoms with E-state index in [1.807, 2.05) is 30.1 Å². The molecule has 2 aromatic rings. The number of nitrogens with one attached hydrogen (secondary N) is 1. The maximum absolute atomic E-state index is 8.81. The fourth-order valence-corrected chi connectivity index (χ4v) is 1.75. The summed E-state index contributed by atoms with van der Waals surface area (Å²) >= 11 is 5.81. The smallest absolute Gasteiger partial charge is 0.132 e. The summed E-state index contributed by atoms with van der Waals surface area (Å²) < 4.78 is 1.85. The summed E-state index contributed by atoms with van der Waals surface area (Å²) in [5.41, 5.74) is 1.62.